The molecule has 1 N–H and O–H groups in total. The van der Waals surface area contributed by atoms with Crippen molar-refractivity contribution in [2.24, 2.45) is 0 Å². The first-order chi connectivity index (χ1) is 15.4. The fourth-order valence-corrected chi connectivity index (χ4v) is 3.31. The van der Waals surface area contributed by atoms with Gasteiger partial charge in [-0.1, -0.05) is 0 Å². The molecule has 1 aliphatic heterocycles. The molecule has 0 spiro atoms. The van der Waals surface area contributed by atoms with Crippen molar-refractivity contribution >= 4 is 12.0 Å². The average molecular weight is 444 g/mol. The van der Waals surface area contributed by atoms with Crippen molar-refractivity contribution in [3.8, 4) is 17.2 Å². The van der Waals surface area contributed by atoms with E-state index in [-0.39, 0.29) is 18.8 Å². The van der Waals surface area contributed by atoms with Crippen LogP contribution in [-0.2, 0) is 9.53 Å². The molecular weight excluding hydrogens is 419 g/mol. The normalized spacial score (nSPS) is 15.8. The van der Waals surface area contributed by atoms with Crippen LogP contribution in [0.2, 0.25) is 0 Å². The van der Waals surface area contributed by atoms with Gasteiger partial charge in [0, 0.05) is 13.1 Å². The van der Waals surface area contributed by atoms with E-state index in [1.54, 1.807) is 25.1 Å². The highest BCUT2D eigenvalue weighted by molar-refractivity contribution is 5.95. The summed E-state index contributed by atoms with van der Waals surface area (Å²) in [6.07, 6.45) is 0. The second kappa shape index (κ2) is 10.0. The van der Waals surface area contributed by atoms with Gasteiger partial charge in [0.1, 0.15) is 29.7 Å². The second-order valence-electron chi connectivity index (χ2n) is 6.91. The highest BCUT2D eigenvalue weighted by atomic mass is 19.1. The van der Waals surface area contributed by atoms with Gasteiger partial charge in [-0.05, 0) is 48.9 Å². The molecule has 2 amide bonds. The van der Waals surface area contributed by atoms with Gasteiger partial charge in [0.25, 0.3) is 0 Å². The number of hydrogen-bond donors (Lipinski definition) is 1. The Labute approximate surface area is 185 Å². The van der Waals surface area contributed by atoms with Crippen LogP contribution in [0.4, 0.5) is 9.18 Å². The van der Waals surface area contributed by atoms with Crippen LogP contribution in [0.5, 0.6) is 17.2 Å². The molecule has 9 heteroatoms. The van der Waals surface area contributed by atoms with Gasteiger partial charge in [-0.15, -0.1) is 0 Å². The predicted molar refractivity (Wildman–Crippen MR) is 114 cm³/mol. The van der Waals surface area contributed by atoms with Crippen LogP contribution >= 0.6 is 0 Å². The Morgan fingerprint density at radius 2 is 1.69 bits per heavy atom. The molecule has 0 bridgehead atoms. The number of benzene rings is 2. The Kier molecular flexibility index (Phi) is 7.19. The standard InChI is InChI=1S/C23H25FN2O6/c1-5-31-22(27)20-19(13-32-16-8-6-15(24)7-9-16)26(2)23(28)25-21(20)14-10-17(29-3)12-18(11-14)30-4/h6-12,21H,5,13H2,1-4H3,(H,25,28). The molecule has 0 saturated carbocycles. The molecule has 2 aromatic rings. The van der Waals surface area contributed by atoms with E-state index < -0.39 is 23.9 Å². The number of urea groups is 1. The summed E-state index contributed by atoms with van der Waals surface area (Å²) in [5.41, 5.74) is 1.11. The van der Waals surface area contributed by atoms with Gasteiger partial charge in [0.2, 0.25) is 0 Å². The van der Waals surface area contributed by atoms with Gasteiger partial charge in [0.15, 0.2) is 0 Å². The summed E-state index contributed by atoms with van der Waals surface area (Å²) in [5, 5.41) is 2.82. The number of amides is 2. The van der Waals surface area contributed by atoms with E-state index in [4.69, 9.17) is 18.9 Å². The van der Waals surface area contributed by atoms with Crippen LogP contribution < -0.4 is 19.5 Å². The number of carbonyl (C=O) groups excluding carboxylic acids is 2. The molecule has 0 saturated heterocycles. The van der Waals surface area contributed by atoms with Crippen molar-refractivity contribution in [1.82, 2.24) is 10.2 Å². The quantitative estimate of drug-likeness (QED) is 0.628. The molecule has 32 heavy (non-hydrogen) atoms. The minimum atomic E-state index is -0.825. The molecule has 2 aromatic carbocycles. The van der Waals surface area contributed by atoms with E-state index in [1.807, 2.05) is 0 Å². The molecule has 170 valence electrons. The third-order valence-electron chi connectivity index (χ3n) is 4.97. The monoisotopic (exact) mass is 444 g/mol. The minimum absolute atomic E-state index is 0.110. The number of methoxy groups -OCH3 is 2. The Bertz CT molecular complexity index is 999. The molecule has 1 atom stereocenters. The Morgan fingerprint density at radius 1 is 1.06 bits per heavy atom. The van der Waals surface area contributed by atoms with Crippen molar-refractivity contribution in [3.05, 3.63) is 65.1 Å². The first kappa shape index (κ1) is 22.9. The number of rotatable bonds is 8. The maximum absolute atomic E-state index is 13.2. The summed E-state index contributed by atoms with van der Waals surface area (Å²) >= 11 is 0. The average Bonchev–Trinajstić information content (AvgIpc) is 2.80. The number of hydrogen-bond acceptors (Lipinski definition) is 6. The van der Waals surface area contributed by atoms with Crippen LogP contribution in [0.1, 0.15) is 18.5 Å². The molecule has 8 nitrogen and oxygen atoms in total. The molecule has 0 aromatic heterocycles. The van der Waals surface area contributed by atoms with Crippen molar-refractivity contribution in [1.29, 1.82) is 0 Å². The van der Waals surface area contributed by atoms with Crippen LogP contribution in [0.3, 0.4) is 0 Å². The van der Waals surface area contributed by atoms with Crippen LogP contribution in [0, 0.1) is 5.82 Å². The van der Waals surface area contributed by atoms with Gasteiger partial charge < -0.3 is 24.3 Å². The van der Waals surface area contributed by atoms with Gasteiger partial charge in [-0.25, -0.2) is 14.0 Å². The van der Waals surface area contributed by atoms with Crippen molar-refractivity contribution < 1.29 is 32.9 Å². The number of ether oxygens (including phenoxy) is 4. The molecule has 0 fully saturated rings. The van der Waals surface area contributed by atoms with Crippen LogP contribution in [0.25, 0.3) is 0 Å². The maximum atomic E-state index is 13.2. The summed E-state index contributed by atoms with van der Waals surface area (Å²) < 4.78 is 34.9. The maximum Gasteiger partial charge on any atom is 0.338 e. The lowest BCUT2D eigenvalue weighted by atomic mass is 9.94. The van der Waals surface area contributed by atoms with Gasteiger partial charge in [-0.3, -0.25) is 4.90 Å². The summed E-state index contributed by atoms with van der Waals surface area (Å²) in [5.74, 6) is 0.398. The first-order valence-electron chi connectivity index (χ1n) is 9.93. The van der Waals surface area contributed by atoms with E-state index in [1.165, 1.54) is 50.4 Å². The Hall–Kier alpha value is -3.75. The SMILES string of the molecule is CCOC(=O)C1=C(COc2ccc(F)cc2)N(C)C(=O)NC1c1cc(OC)cc(OC)c1. The lowest BCUT2D eigenvalue weighted by molar-refractivity contribution is -0.139. The third kappa shape index (κ3) is 4.93. The summed E-state index contributed by atoms with van der Waals surface area (Å²) in [4.78, 5) is 27.0. The highest BCUT2D eigenvalue weighted by Gasteiger charge is 2.37. The predicted octanol–water partition coefficient (Wildman–Crippen LogP) is 3.44. The molecule has 0 radical (unpaired) electrons. The lowest BCUT2D eigenvalue weighted by Gasteiger charge is -2.34. The summed E-state index contributed by atoms with van der Waals surface area (Å²) in [6.45, 7) is 1.74. The molecule has 1 aliphatic rings. The molecule has 3 rings (SSSR count). The Balaban J connectivity index is 2.07. The van der Waals surface area contributed by atoms with Crippen LogP contribution in [0.15, 0.2) is 53.7 Å². The number of esters is 1. The third-order valence-corrected chi connectivity index (χ3v) is 4.97. The second-order valence-corrected chi connectivity index (χ2v) is 6.91. The van der Waals surface area contributed by atoms with Gasteiger partial charge >= 0.3 is 12.0 Å². The Morgan fingerprint density at radius 3 is 2.25 bits per heavy atom. The lowest BCUT2D eigenvalue weighted by Crippen LogP contribution is -2.48. The zero-order valence-corrected chi connectivity index (χ0v) is 18.3. The number of likely N-dealkylation sites (N-methyl/N-ethyl adjacent to an activating group) is 1. The highest BCUT2D eigenvalue weighted by Crippen LogP contribution is 2.35. The molecule has 1 unspecified atom stereocenters. The van der Waals surface area contributed by atoms with E-state index in [0.717, 1.165) is 0 Å². The van der Waals surface area contributed by atoms with Gasteiger partial charge in [-0.2, -0.15) is 0 Å². The van der Waals surface area contributed by atoms with E-state index in [9.17, 15) is 14.0 Å². The fraction of sp³-hybridized carbons (Fsp3) is 0.304. The largest absolute Gasteiger partial charge is 0.497 e. The van der Waals surface area contributed by atoms with Crippen LogP contribution in [-0.4, -0.2) is 51.4 Å². The number of carbonyl (C=O) groups is 2. The topological polar surface area (TPSA) is 86.3 Å². The smallest absolute Gasteiger partial charge is 0.338 e. The van der Waals surface area contributed by atoms with E-state index >= 15 is 0 Å². The minimum Gasteiger partial charge on any atom is -0.497 e. The van der Waals surface area contributed by atoms with E-state index in [0.29, 0.717) is 28.5 Å². The molecular formula is C23H25FN2O6. The van der Waals surface area contributed by atoms with E-state index in [2.05, 4.69) is 5.32 Å². The molecule has 0 aliphatic carbocycles. The zero-order chi connectivity index (χ0) is 23.3. The molecule has 1 heterocycles. The number of nitrogens with zero attached hydrogens (tertiary/aromatic N) is 1. The number of nitrogens with one attached hydrogen (secondary N) is 1. The van der Waals surface area contributed by atoms with Crippen molar-refractivity contribution in [3.63, 3.8) is 0 Å². The number of halogens is 1. The van der Waals surface area contributed by atoms with Crippen molar-refractivity contribution in [2.75, 3.05) is 34.5 Å². The van der Waals surface area contributed by atoms with Gasteiger partial charge in [0.05, 0.1) is 38.1 Å². The first-order valence-corrected chi connectivity index (χ1v) is 9.93. The zero-order valence-electron chi connectivity index (χ0n) is 18.3. The summed E-state index contributed by atoms with van der Waals surface area (Å²) in [6, 6.07) is 9.30. The van der Waals surface area contributed by atoms with Crippen molar-refractivity contribution in [2.45, 2.75) is 13.0 Å². The fourth-order valence-electron chi connectivity index (χ4n) is 3.31. The summed E-state index contributed by atoms with van der Waals surface area (Å²) in [7, 11) is 4.55.